The van der Waals surface area contributed by atoms with Crippen LogP contribution >= 0.6 is 0 Å². The molecule has 0 aliphatic rings. The summed E-state index contributed by atoms with van der Waals surface area (Å²) in [5.41, 5.74) is 2.71. The van der Waals surface area contributed by atoms with Gasteiger partial charge < -0.3 is 9.51 Å². The number of hydrogen-bond acceptors (Lipinski definition) is 2. The second-order valence-corrected chi connectivity index (χ2v) is 3.47. The first-order valence-electron chi connectivity index (χ1n) is 4.84. The lowest BCUT2D eigenvalue weighted by atomic mass is 10.2. The summed E-state index contributed by atoms with van der Waals surface area (Å²) >= 11 is 0. The van der Waals surface area contributed by atoms with Gasteiger partial charge in [-0.05, 0) is 25.5 Å². The van der Waals surface area contributed by atoms with E-state index in [0.717, 1.165) is 17.8 Å². The minimum atomic E-state index is -0.933. The van der Waals surface area contributed by atoms with Crippen LogP contribution in [0.1, 0.15) is 28.7 Å². The number of carbonyl (C=O) groups is 1. The van der Waals surface area contributed by atoms with E-state index < -0.39 is 5.97 Å². The van der Waals surface area contributed by atoms with Crippen molar-refractivity contribution >= 4 is 11.6 Å². The lowest BCUT2D eigenvalue weighted by Gasteiger charge is -2.04. The van der Waals surface area contributed by atoms with Crippen molar-refractivity contribution in [3.63, 3.8) is 0 Å². The van der Waals surface area contributed by atoms with Gasteiger partial charge in [0, 0.05) is 17.6 Å². The third-order valence-electron chi connectivity index (χ3n) is 2.42. The Morgan fingerprint density at radius 2 is 2.33 bits per heavy atom. The summed E-state index contributed by atoms with van der Waals surface area (Å²) in [6, 6.07) is 3.56. The van der Waals surface area contributed by atoms with Crippen LogP contribution in [0.25, 0.3) is 5.65 Å². The van der Waals surface area contributed by atoms with Crippen molar-refractivity contribution < 1.29 is 9.90 Å². The van der Waals surface area contributed by atoms with Gasteiger partial charge in [0.25, 0.3) is 0 Å². The van der Waals surface area contributed by atoms with E-state index in [1.165, 1.54) is 0 Å². The first kappa shape index (κ1) is 9.71. The van der Waals surface area contributed by atoms with E-state index in [1.54, 1.807) is 12.3 Å². The van der Waals surface area contributed by atoms with Crippen LogP contribution in [0, 0.1) is 6.92 Å². The Hall–Kier alpha value is -1.84. The van der Waals surface area contributed by atoms with Crippen LogP contribution in [0.5, 0.6) is 0 Å². The topological polar surface area (TPSA) is 54.6 Å². The molecule has 0 radical (unpaired) electrons. The lowest BCUT2D eigenvalue weighted by Crippen LogP contribution is -2.02. The van der Waals surface area contributed by atoms with Gasteiger partial charge in [-0.2, -0.15) is 0 Å². The third kappa shape index (κ3) is 1.48. The van der Waals surface area contributed by atoms with E-state index in [2.05, 4.69) is 4.98 Å². The van der Waals surface area contributed by atoms with Crippen molar-refractivity contribution in [2.75, 3.05) is 0 Å². The second kappa shape index (κ2) is 3.38. The zero-order valence-electron chi connectivity index (χ0n) is 8.69. The molecule has 78 valence electrons. The molecule has 4 nitrogen and oxygen atoms in total. The van der Waals surface area contributed by atoms with E-state index in [0.29, 0.717) is 5.65 Å². The summed E-state index contributed by atoms with van der Waals surface area (Å²) in [4.78, 5) is 15.2. The molecular formula is C11H12N2O2. The molecule has 0 bridgehead atoms. The lowest BCUT2D eigenvalue weighted by molar-refractivity contribution is 0.0699. The van der Waals surface area contributed by atoms with Gasteiger partial charge in [0.15, 0.2) is 5.65 Å². The van der Waals surface area contributed by atoms with Crippen LogP contribution in [0.3, 0.4) is 0 Å². The predicted molar refractivity (Wildman–Crippen MR) is 56.3 cm³/mol. The van der Waals surface area contributed by atoms with Crippen molar-refractivity contribution in [3.05, 3.63) is 35.3 Å². The fourth-order valence-corrected chi connectivity index (χ4v) is 1.72. The SMILES string of the molecule is CCc1cc(C)nc2c(C(=O)O)ccn12. The molecule has 2 rings (SSSR count). The Balaban J connectivity index is 2.80. The van der Waals surface area contributed by atoms with Crippen LogP contribution in [0.15, 0.2) is 18.3 Å². The standard InChI is InChI=1S/C11H12N2O2/c1-3-8-6-7(2)12-10-9(11(14)15)4-5-13(8)10/h4-6H,3H2,1-2H3,(H,14,15). The monoisotopic (exact) mass is 204 g/mol. The molecule has 0 unspecified atom stereocenters. The average Bonchev–Trinajstić information content (AvgIpc) is 2.59. The number of aromatic carboxylic acids is 1. The Bertz CT molecular complexity index is 529. The number of aryl methyl sites for hydroxylation is 2. The smallest absolute Gasteiger partial charge is 0.339 e. The molecular weight excluding hydrogens is 192 g/mol. The molecule has 1 N–H and O–H groups in total. The van der Waals surface area contributed by atoms with E-state index >= 15 is 0 Å². The number of rotatable bonds is 2. The second-order valence-electron chi connectivity index (χ2n) is 3.47. The van der Waals surface area contributed by atoms with Crippen LogP contribution < -0.4 is 0 Å². The molecule has 0 amide bonds. The summed E-state index contributed by atoms with van der Waals surface area (Å²) < 4.78 is 1.83. The molecule has 2 aromatic heterocycles. The van der Waals surface area contributed by atoms with Crippen molar-refractivity contribution in [3.8, 4) is 0 Å². The molecule has 0 aliphatic heterocycles. The molecule has 0 saturated carbocycles. The Morgan fingerprint density at radius 1 is 1.60 bits per heavy atom. The molecule has 2 aromatic rings. The molecule has 0 spiro atoms. The van der Waals surface area contributed by atoms with Gasteiger partial charge in [0.1, 0.15) is 5.56 Å². The number of nitrogens with zero attached hydrogens (tertiary/aromatic N) is 2. The van der Waals surface area contributed by atoms with Crippen LogP contribution in [-0.4, -0.2) is 20.5 Å². The fourth-order valence-electron chi connectivity index (χ4n) is 1.72. The van der Waals surface area contributed by atoms with Gasteiger partial charge in [-0.1, -0.05) is 6.92 Å². The molecule has 0 aliphatic carbocycles. The Morgan fingerprint density at radius 3 is 2.93 bits per heavy atom. The van der Waals surface area contributed by atoms with Gasteiger partial charge in [0.05, 0.1) is 0 Å². The Kier molecular flexibility index (Phi) is 2.19. The van der Waals surface area contributed by atoms with E-state index in [9.17, 15) is 4.79 Å². The summed E-state index contributed by atoms with van der Waals surface area (Å²) in [6.45, 7) is 3.91. The van der Waals surface area contributed by atoms with Gasteiger partial charge in [-0.25, -0.2) is 9.78 Å². The summed E-state index contributed by atoms with van der Waals surface area (Å²) in [5.74, 6) is -0.933. The van der Waals surface area contributed by atoms with Crippen molar-refractivity contribution in [2.45, 2.75) is 20.3 Å². The van der Waals surface area contributed by atoms with E-state index in [-0.39, 0.29) is 5.56 Å². The maximum absolute atomic E-state index is 10.9. The van der Waals surface area contributed by atoms with Crippen LogP contribution in [-0.2, 0) is 6.42 Å². The maximum Gasteiger partial charge on any atom is 0.339 e. The highest BCUT2D eigenvalue weighted by Gasteiger charge is 2.12. The fraction of sp³-hybridized carbons (Fsp3) is 0.273. The molecule has 2 heterocycles. The number of aromatic nitrogens is 2. The average molecular weight is 204 g/mol. The number of carboxylic acid groups (broad SMARTS) is 1. The van der Waals surface area contributed by atoms with Crippen LogP contribution in [0.2, 0.25) is 0 Å². The van der Waals surface area contributed by atoms with Crippen molar-refractivity contribution in [2.24, 2.45) is 0 Å². The summed E-state index contributed by atoms with van der Waals surface area (Å²) in [6.07, 6.45) is 2.61. The quantitative estimate of drug-likeness (QED) is 0.812. The van der Waals surface area contributed by atoms with Crippen LogP contribution in [0.4, 0.5) is 0 Å². The normalized spacial score (nSPS) is 10.8. The predicted octanol–water partition coefficient (Wildman–Crippen LogP) is 1.90. The molecule has 4 heteroatoms. The molecule has 0 fully saturated rings. The summed E-state index contributed by atoms with van der Waals surface area (Å²) in [5, 5.41) is 8.97. The highest BCUT2D eigenvalue weighted by atomic mass is 16.4. The number of hydrogen-bond donors (Lipinski definition) is 1. The first-order chi connectivity index (χ1) is 7.13. The summed E-state index contributed by atoms with van der Waals surface area (Å²) in [7, 11) is 0. The van der Waals surface area contributed by atoms with Crippen molar-refractivity contribution in [1.82, 2.24) is 9.38 Å². The van der Waals surface area contributed by atoms with Gasteiger partial charge in [-0.15, -0.1) is 0 Å². The largest absolute Gasteiger partial charge is 0.478 e. The third-order valence-corrected chi connectivity index (χ3v) is 2.42. The first-order valence-corrected chi connectivity index (χ1v) is 4.84. The zero-order valence-corrected chi connectivity index (χ0v) is 8.69. The Labute approximate surface area is 87.2 Å². The van der Waals surface area contributed by atoms with Crippen molar-refractivity contribution in [1.29, 1.82) is 0 Å². The molecule has 0 saturated heterocycles. The maximum atomic E-state index is 10.9. The molecule has 0 atom stereocenters. The van der Waals surface area contributed by atoms with E-state index in [4.69, 9.17) is 5.11 Å². The minimum absolute atomic E-state index is 0.258. The number of carboxylic acids is 1. The molecule has 0 aromatic carbocycles. The van der Waals surface area contributed by atoms with Gasteiger partial charge >= 0.3 is 5.97 Å². The van der Waals surface area contributed by atoms with E-state index in [1.807, 2.05) is 24.3 Å². The highest BCUT2D eigenvalue weighted by Crippen LogP contribution is 2.14. The highest BCUT2D eigenvalue weighted by molar-refractivity contribution is 5.94. The minimum Gasteiger partial charge on any atom is -0.478 e. The zero-order chi connectivity index (χ0) is 11.0. The van der Waals surface area contributed by atoms with Gasteiger partial charge in [0.2, 0.25) is 0 Å². The van der Waals surface area contributed by atoms with Gasteiger partial charge in [-0.3, -0.25) is 0 Å². The number of fused-ring (bicyclic) bond motifs is 1. The molecule has 15 heavy (non-hydrogen) atoms.